The van der Waals surface area contributed by atoms with Crippen LogP contribution in [0.15, 0.2) is 47.0 Å². The first-order valence-electron chi connectivity index (χ1n) is 7.34. The molecule has 23 heavy (non-hydrogen) atoms. The Morgan fingerprint density at radius 2 is 2.17 bits per heavy atom. The molecule has 0 spiro atoms. The molecule has 0 fully saturated rings. The number of nitrogens with zero attached hydrogens (tertiary/aromatic N) is 5. The molecule has 2 aromatic heterocycles. The van der Waals surface area contributed by atoms with Crippen molar-refractivity contribution in [1.82, 2.24) is 20.1 Å². The molecule has 0 unspecified atom stereocenters. The smallest absolute Gasteiger partial charge is 0.270 e. The molecule has 7 heteroatoms. The van der Waals surface area contributed by atoms with Crippen LogP contribution in [-0.2, 0) is 0 Å². The molecule has 0 bridgehead atoms. The molecule has 3 heterocycles. The largest absolute Gasteiger partial charge is 0.351 e. The van der Waals surface area contributed by atoms with Crippen LogP contribution in [0.4, 0.5) is 0 Å². The van der Waals surface area contributed by atoms with Crippen molar-refractivity contribution in [3.8, 4) is 18.0 Å². The van der Waals surface area contributed by atoms with Crippen LogP contribution in [0.1, 0.15) is 29.8 Å². The summed E-state index contributed by atoms with van der Waals surface area (Å²) in [7, 11) is 0. The van der Waals surface area contributed by atoms with Crippen LogP contribution in [0, 0.1) is 12.3 Å². The Kier molecular flexibility index (Phi) is 4.15. The van der Waals surface area contributed by atoms with E-state index in [1.165, 1.54) is 0 Å². The van der Waals surface area contributed by atoms with Gasteiger partial charge in [-0.1, -0.05) is 0 Å². The normalized spacial score (nSPS) is 14.2. The fourth-order valence-electron chi connectivity index (χ4n) is 2.29. The van der Waals surface area contributed by atoms with E-state index < -0.39 is 0 Å². The Hall–Kier alpha value is -3.01. The van der Waals surface area contributed by atoms with Gasteiger partial charge < -0.3 is 5.32 Å². The van der Waals surface area contributed by atoms with Gasteiger partial charge in [0.25, 0.3) is 5.91 Å². The van der Waals surface area contributed by atoms with E-state index in [9.17, 15) is 4.79 Å². The van der Waals surface area contributed by atoms with E-state index in [4.69, 9.17) is 6.42 Å². The highest BCUT2D eigenvalue weighted by Gasteiger charge is 2.38. The molecular weight excluding hydrogens is 292 g/mol. The zero-order valence-electron chi connectivity index (χ0n) is 12.5. The number of rotatable bonds is 7. The molecule has 0 saturated heterocycles. The SMILES string of the molecule is C#CCCC1(CCNC(=O)c2ccnn2-c2cccnc2)N=N1. The van der Waals surface area contributed by atoms with Gasteiger partial charge in [-0.2, -0.15) is 15.3 Å². The molecule has 0 saturated carbocycles. The van der Waals surface area contributed by atoms with Gasteiger partial charge >= 0.3 is 0 Å². The minimum absolute atomic E-state index is 0.195. The Bertz CT molecular complexity index is 752. The minimum Gasteiger partial charge on any atom is -0.351 e. The lowest BCUT2D eigenvalue weighted by atomic mass is 10.0. The van der Waals surface area contributed by atoms with Gasteiger partial charge in [-0.05, 0) is 18.2 Å². The molecule has 1 N–H and O–H groups in total. The molecule has 0 atom stereocenters. The van der Waals surface area contributed by atoms with Crippen molar-refractivity contribution in [3.63, 3.8) is 0 Å². The van der Waals surface area contributed by atoms with Crippen LogP contribution in [0.3, 0.4) is 0 Å². The third-order valence-electron chi connectivity index (χ3n) is 3.63. The first kappa shape index (κ1) is 14.9. The van der Waals surface area contributed by atoms with Crippen molar-refractivity contribution >= 4 is 5.91 Å². The maximum atomic E-state index is 12.3. The third-order valence-corrected chi connectivity index (χ3v) is 3.63. The van der Waals surface area contributed by atoms with E-state index in [0.29, 0.717) is 25.1 Å². The van der Waals surface area contributed by atoms with Crippen molar-refractivity contribution in [2.75, 3.05) is 6.54 Å². The maximum Gasteiger partial charge on any atom is 0.270 e. The Labute approximate surface area is 133 Å². The van der Waals surface area contributed by atoms with Gasteiger partial charge in [0.15, 0.2) is 5.66 Å². The second-order valence-electron chi connectivity index (χ2n) is 5.23. The summed E-state index contributed by atoms with van der Waals surface area (Å²) in [6.07, 6.45) is 12.2. The lowest BCUT2D eigenvalue weighted by molar-refractivity contribution is 0.0944. The Balaban J connectivity index is 1.58. The van der Waals surface area contributed by atoms with Crippen LogP contribution in [0.25, 0.3) is 5.69 Å². The summed E-state index contributed by atoms with van der Waals surface area (Å²) in [5.41, 5.74) is 0.809. The van der Waals surface area contributed by atoms with Gasteiger partial charge in [0, 0.05) is 32.0 Å². The summed E-state index contributed by atoms with van der Waals surface area (Å²) in [5, 5.41) is 15.1. The first-order valence-corrected chi connectivity index (χ1v) is 7.34. The monoisotopic (exact) mass is 308 g/mol. The lowest BCUT2D eigenvalue weighted by Crippen LogP contribution is -2.29. The number of carbonyl (C=O) groups excluding carboxylic acids is 1. The van der Waals surface area contributed by atoms with Crippen molar-refractivity contribution in [1.29, 1.82) is 0 Å². The molecule has 2 aromatic rings. The Morgan fingerprint density at radius 3 is 2.87 bits per heavy atom. The zero-order valence-corrected chi connectivity index (χ0v) is 12.5. The molecule has 1 aliphatic rings. The predicted octanol–water partition coefficient (Wildman–Crippen LogP) is 1.96. The van der Waals surface area contributed by atoms with Crippen LogP contribution in [-0.4, -0.2) is 32.9 Å². The summed E-state index contributed by atoms with van der Waals surface area (Å²) in [5.74, 6) is 2.39. The van der Waals surface area contributed by atoms with Gasteiger partial charge in [-0.3, -0.25) is 9.78 Å². The van der Waals surface area contributed by atoms with E-state index in [0.717, 1.165) is 12.1 Å². The third kappa shape index (κ3) is 3.43. The van der Waals surface area contributed by atoms with E-state index in [1.54, 1.807) is 35.4 Å². The average molecular weight is 308 g/mol. The van der Waals surface area contributed by atoms with Gasteiger partial charge in [-0.15, -0.1) is 12.3 Å². The zero-order chi connectivity index (χ0) is 16.1. The standard InChI is InChI=1S/C16H16N6O/c1-2-3-7-16(20-21-16)8-11-18-15(23)14-6-10-19-22(14)13-5-4-9-17-12-13/h1,4-6,9-10,12H,3,7-8,11H2,(H,18,23). The molecular formula is C16H16N6O. The topological polar surface area (TPSA) is 84.5 Å². The summed E-state index contributed by atoms with van der Waals surface area (Å²) < 4.78 is 1.56. The number of hydrogen-bond acceptors (Lipinski definition) is 5. The maximum absolute atomic E-state index is 12.3. The second-order valence-corrected chi connectivity index (χ2v) is 5.23. The van der Waals surface area contributed by atoms with Gasteiger partial charge in [0.1, 0.15) is 5.69 Å². The first-order chi connectivity index (χ1) is 11.2. The fraction of sp³-hybridized carbons (Fsp3) is 0.312. The lowest BCUT2D eigenvalue weighted by Gasteiger charge is -2.11. The highest BCUT2D eigenvalue weighted by molar-refractivity contribution is 5.93. The predicted molar refractivity (Wildman–Crippen MR) is 84.0 cm³/mol. The molecule has 3 rings (SSSR count). The average Bonchev–Trinajstić information content (AvgIpc) is 3.17. The van der Waals surface area contributed by atoms with Crippen LogP contribution < -0.4 is 5.32 Å². The number of pyridine rings is 1. The number of nitrogens with one attached hydrogen (secondary N) is 1. The van der Waals surface area contributed by atoms with Crippen LogP contribution in [0.5, 0.6) is 0 Å². The number of terminal acetylenes is 1. The van der Waals surface area contributed by atoms with E-state index >= 15 is 0 Å². The van der Waals surface area contributed by atoms with Crippen molar-refractivity contribution in [2.45, 2.75) is 24.9 Å². The number of carbonyl (C=O) groups is 1. The minimum atomic E-state index is -0.386. The number of aromatic nitrogens is 3. The molecule has 7 nitrogen and oxygen atoms in total. The van der Waals surface area contributed by atoms with Crippen molar-refractivity contribution < 1.29 is 4.79 Å². The van der Waals surface area contributed by atoms with Crippen LogP contribution in [0.2, 0.25) is 0 Å². The summed E-state index contributed by atoms with van der Waals surface area (Å²) in [6.45, 7) is 0.481. The van der Waals surface area contributed by atoms with Crippen LogP contribution >= 0.6 is 0 Å². The second kappa shape index (κ2) is 6.40. The number of amides is 1. The molecule has 0 aromatic carbocycles. The van der Waals surface area contributed by atoms with Crippen molar-refractivity contribution in [2.24, 2.45) is 10.2 Å². The van der Waals surface area contributed by atoms with Gasteiger partial charge in [0.05, 0.1) is 18.1 Å². The van der Waals surface area contributed by atoms with Crippen molar-refractivity contribution in [3.05, 3.63) is 42.5 Å². The molecule has 0 radical (unpaired) electrons. The van der Waals surface area contributed by atoms with E-state index in [-0.39, 0.29) is 11.6 Å². The molecule has 116 valence electrons. The number of hydrogen-bond donors (Lipinski definition) is 1. The highest BCUT2D eigenvalue weighted by Crippen LogP contribution is 2.36. The Morgan fingerprint density at radius 1 is 1.30 bits per heavy atom. The molecule has 1 aliphatic heterocycles. The summed E-state index contributed by atoms with van der Waals surface area (Å²) in [6, 6.07) is 5.31. The fourth-order valence-corrected chi connectivity index (χ4v) is 2.29. The quantitative estimate of drug-likeness (QED) is 0.793. The van der Waals surface area contributed by atoms with E-state index in [1.807, 2.05) is 6.07 Å². The summed E-state index contributed by atoms with van der Waals surface area (Å²) >= 11 is 0. The highest BCUT2D eigenvalue weighted by atomic mass is 16.2. The van der Waals surface area contributed by atoms with Gasteiger partial charge in [0.2, 0.25) is 0 Å². The molecule has 0 aliphatic carbocycles. The summed E-state index contributed by atoms with van der Waals surface area (Å²) in [4.78, 5) is 16.4. The molecule has 1 amide bonds. The van der Waals surface area contributed by atoms with Gasteiger partial charge in [-0.25, -0.2) is 4.68 Å². The van der Waals surface area contributed by atoms with E-state index in [2.05, 4.69) is 31.5 Å².